The van der Waals surface area contributed by atoms with Crippen LogP contribution in [0.2, 0.25) is 0 Å². The van der Waals surface area contributed by atoms with Crippen LogP contribution in [0.3, 0.4) is 0 Å². The minimum atomic E-state index is -0.0523. The highest BCUT2D eigenvalue weighted by Crippen LogP contribution is 2.23. The number of carbonyl (C=O) groups excluding carboxylic acids is 1. The Kier molecular flexibility index (Phi) is 6.35. The lowest BCUT2D eigenvalue weighted by molar-refractivity contribution is 0.103. The molecule has 0 atom stereocenters. The fourth-order valence-electron chi connectivity index (χ4n) is 2.65. The van der Waals surface area contributed by atoms with Gasteiger partial charge in [-0.1, -0.05) is 42.5 Å². The molecule has 1 aliphatic heterocycles. The number of aromatic nitrogens is 3. The molecule has 6 heteroatoms. The molecule has 2 aromatic heterocycles. The quantitative estimate of drug-likeness (QED) is 0.665. The van der Waals surface area contributed by atoms with Gasteiger partial charge in [-0.05, 0) is 31.2 Å². The number of hydrogen-bond acceptors (Lipinski definition) is 6. The first-order chi connectivity index (χ1) is 12.8. The second-order valence-corrected chi connectivity index (χ2v) is 6.47. The van der Waals surface area contributed by atoms with Gasteiger partial charge in [0.1, 0.15) is 5.69 Å². The van der Waals surface area contributed by atoms with Crippen molar-refractivity contribution in [3.63, 3.8) is 0 Å². The molecule has 0 saturated heterocycles. The zero-order valence-corrected chi connectivity index (χ0v) is 15.4. The van der Waals surface area contributed by atoms with Gasteiger partial charge in [0, 0.05) is 31.0 Å². The van der Waals surface area contributed by atoms with Gasteiger partial charge in [0.15, 0.2) is 5.69 Å². The molecule has 5 nitrogen and oxygen atoms in total. The van der Waals surface area contributed by atoms with E-state index >= 15 is 0 Å². The Balaban J connectivity index is 0.000000278. The number of likely N-dealkylation sites (N-methyl/N-ethyl adjacent to an activating group) is 1. The summed E-state index contributed by atoms with van der Waals surface area (Å²) in [5.41, 5.74) is 2.98. The van der Waals surface area contributed by atoms with Crippen LogP contribution in [-0.4, -0.2) is 44.6 Å². The maximum atomic E-state index is 12.5. The van der Waals surface area contributed by atoms with Crippen molar-refractivity contribution in [2.45, 2.75) is 6.42 Å². The lowest BCUT2D eigenvalue weighted by Gasteiger charge is -2.22. The van der Waals surface area contributed by atoms with Crippen molar-refractivity contribution in [1.82, 2.24) is 18.6 Å². The molecule has 3 heterocycles. The van der Waals surface area contributed by atoms with Crippen molar-refractivity contribution < 1.29 is 4.79 Å². The molecular weight excluding hydrogens is 344 g/mol. The molecule has 4 rings (SSSR count). The van der Waals surface area contributed by atoms with Crippen molar-refractivity contribution in [3.8, 4) is 0 Å². The molecule has 3 aromatic rings. The number of ketones is 1. The molecule has 0 unspecified atom stereocenters. The smallest absolute Gasteiger partial charge is 0.214 e. The maximum Gasteiger partial charge on any atom is 0.214 e. The summed E-state index contributed by atoms with van der Waals surface area (Å²) in [4.78, 5) is 18.5. The van der Waals surface area contributed by atoms with Gasteiger partial charge in [0.05, 0.1) is 11.7 Å². The van der Waals surface area contributed by atoms with Gasteiger partial charge >= 0.3 is 0 Å². The summed E-state index contributed by atoms with van der Waals surface area (Å²) in [5, 5.41) is 0. The predicted octanol–water partition coefficient (Wildman–Crippen LogP) is 3.57. The lowest BCUT2D eigenvalue weighted by Crippen LogP contribution is -2.25. The summed E-state index contributed by atoms with van der Waals surface area (Å²) in [5.74, 6) is -0.0523. The van der Waals surface area contributed by atoms with Crippen LogP contribution >= 0.6 is 11.7 Å². The van der Waals surface area contributed by atoms with Gasteiger partial charge in [0.2, 0.25) is 5.78 Å². The third kappa shape index (κ3) is 4.68. The molecule has 26 heavy (non-hydrogen) atoms. The Hall–Kier alpha value is -2.70. The zero-order chi connectivity index (χ0) is 18.2. The van der Waals surface area contributed by atoms with E-state index in [-0.39, 0.29) is 5.78 Å². The first-order valence-corrected chi connectivity index (χ1v) is 9.14. The van der Waals surface area contributed by atoms with Crippen LogP contribution in [0, 0.1) is 0 Å². The van der Waals surface area contributed by atoms with Gasteiger partial charge in [0.25, 0.3) is 0 Å². The summed E-state index contributed by atoms with van der Waals surface area (Å²) in [6, 6.07) is 15.0. The summed E-state index contributed by atoms with van der Waals surface area (Å²) in [6.45, 7) is 1.86. The van der Waals surface area contributed by atoms with E-state index in [4.69, 9.17) is 0 Å². The van der Waals surface area contributed by atoms with Crippen molar-refractivity contribution in [3.05, 3.63) is 84.0 Å². The van der Waals surface area contributed by atoms with E-state index in [0.29, 0.717) is 11.3 Å². The van der Waals surface area contributed by atoms with Gasteiger partial charge in [-0.2, -0.15) is 8.75 Å². The molecule has 0 radical (unpaired) electrons. The third-order valence-electron chi connectivity index (χ3n) is 3.95. The number of benzene rings is 1. The summed E-state index contributed by atoms with van der Waals surface area (Å²) in [6.07, 6.45) is 6.65. The molecule has 0 N–H and O–H groups in total. The number of hydrogen-bond donors (Lipinski definition) is 0. The number of nitrogens with zero attached hydrogens (tertiary/aromatic N) is 4. The summed E-state index contributed by atoms with van der Waals surface area (Å²) >= 11 is 1.10. The summed E-state index contributed by atoms with van der Waals surface area (Å²) < 4.78 is 8.55. The molecule has 0 aliphatic carbocycles. The molecular formula is C20H20N4OS. The predicted molar refractivity (Wildman–Crippen MR) is 104 cm³/mol. The van der Waals surface area contributed by atoms with Crippen molar-refractivity contribution in [2.75, 3.05) is 20.1 Å². The molecule has 1 aliphatic rings. The van der Waals surface area contributed by atoms with Gasteiger partial charge < -0.3 is 4.90 Å². The van der Waals surface area contributed by atoms with Gasteiger partial charge in [-0.3, -0.25) is 9.78 Å². The van der Waals surface area contributed by atoms with Crippen molar-refractivity contribution >= 4 is 23.1 Å². The highest BCUT2D eigenvalue weighted by molar-refractivity contribution is 6.99. The van der Waals surface area contributed by atoms with Crippen LogP contribution in [0.4, 0.5) is 0 Å². The fourth-order valence-corrected chi connectivity index (χ4v) is 3.23. The average Bonchev–Trinajstić information content (AvgIpc) is 3.20. The molecule has 0 bridgehead atoms. The highest BCUT2D eigenvalue weighted by atomic mass is 32.1. The van der Waals surface area contributed by atoms with E-state index < -0.39 is 0 Å². The topological polar surface area (TPSA) is 59.0 Å². The summed E-state index contributed by atoms with van der Waals surface area (Å²) in [7, 11) is 2.07. The monoisotopic (exact) mass is 364 g/mol. The van der Waals surface area contributed by atoms with E-state index in [1.165, 1.54) is 0 Å². The van der Waals surface area contributed by atoms with E-state index in [0.717, 1.165) is 42.5 Å². The van der Waals surface area contributed by atoms with Crippen LogP contribution in [0.1, 0.15) is 28.2 Å². The second-order valence-electron chi connectivity index (χ2n) is 5.94. The van der Waals surface area contributed by atoms with Gasteiger partial charge in [-0.15, -0.1) is 0 Å². The van der Waals surface area contributed by atoms with Crippen LogP contribution < -0.4 is 0 Å². The second kappa shape index (κ2) is 9.12. The molecule has 1 aromatic carbocycles. The molecule has 0 amide bonds. The van der Waals surface area contributed by atoms with Crippen LogP contribution in [0.25, 0.3) is 5.57 Å². The Morgan fingerprint density at radius 3 is 2.38 bits per heavy atom. The zero-order valence-electron chi connectivity index (χ0n) is 14.6. The van der Waals surface area contributed by atoms with E-state index in [9.17, 15) is 4.79 Å². The number of pyridine rings is 1. The van der Waals surface area contributed by atoms with E-state index in [1.807, 2.05) is 48.5 Å². The third-order valence-corrected chi connectivity index (χ3v) is 4.48. The van der Waals surface area contributed by atoms with Crippen LogP contribution in [0.5, 0.6) is 0 Å². The SMILES string of the molecule is CN1CCC=C(c2nsnc2C(=O)c2ccccc2)C1.c1ccncc1. The van der Waals surface area contributed by atoms with E-state index in [1.54, 1.807) is 12.4 Å². The van der Waals surface area contributed by atoms with Crippen LogP contribution in [0.15, 0.2) is 67.0 Å². The Morgan fingerprint density at radius 2 is 1.77 bits per heavy atom. The van der Waals surface area contributed by atoms with Gasteiger partial charge in [-0.25, -0.2) is 0 Å². The largest absolute Gasteiger partial charge is 0.302 e. The average molecular weight is 364 g/mol. The number of rotatable bonds is 3. The minimum Gasteiger partial charge on any atom is -0.302 e. The minimum absolute atomic E-state index is 0.0523. The lowest BCUT2D eigenvalue weighted by atomic mass is 10.0. The fraction of sp³-hybridized carbons (Fsp3) is 0.200. The standard InChI is InChI=1S/C15H15N3OS.C5H5N/c1-18-9-5-8-12(10-18)13-14(17-20-16-13)15(19)11-6-3-2-4-7-11;1-2-4-6-5-3-1/h2-4,6-8H,5,9-10H2,1H3;1-5H. The molecule has 0 saturated carbocycles. The van der Waals surface area contributed by atoms with Crippen LogP contribution in [-0.2, 0) is 0 Å². The normalized spacial score (nSPS) is 14.1. The van der Waals surface area contributed by atoms with Crippen molar-refractivity contribution in [2.24, 2.45) is 0 Å². The number of carbonyl (C=O) groups is 1. The Labute approximate surface area is 157 Å². The first-order valence-electron chi connectivity index (χ1n) is 8.41. The first kappa shape index (κ1) is 18.1. The Bertz CT molecular complexity index is 835. The van der Waals surface area contributed by atoms with E-state index in [2.05, 4.69) is 31.8 Å². The molecule has 0 spiro atoms. The van der Waals surface area contributed by atoms with Crippen molar-refractivity contribution in [1.29, 1.82) is 0 Å². The maximum absolute atomic E-state index is 12.5. The molecule has 132 valence electrons. The molecule has 0 fully saturated rings. The Morgan fingerprint density at radius 1 is 1.04 bits per heavy atom. The highest BCUT2D eigenvalue weighted by Gasteiger charge is 2.22.